The van der Waals surface area contributed by atoms with Crippen molar-refractivity contribution in [2.75, 3.05) is 0 Å². The molecule has 0 saturated heterocycles. The Hall–Kier alpha value is -4.59. The molecule has 0 fully saturated rings. The fourth-order valence-electron chi connectivity index (χ4n) is 3.99. The Morgan fingerprint density at radius 2 is 1.87 bits per heavy atom. The van der Waals surface area contributed by atoms with E-state index in [9.17, 15) is 4.79 Å². The molecule has 0 aliphatic carbocycles. The van der Waals surface area contributed by atoms with Crippen molar-refractivity contribution in [2.45, 2.75) is 46.6 Å². The molecule has 39 heavy (non-hydrogen) atoms. The number of allylic oxidation sites excluding steroid dienone is 1. The summed E-state index contributed by atoms with van der Waals surface area (Å²) in [5, 5.41) is 3.46. The van der Waals surface area contributed by atoms with Gasteiger partial charge in [0.25, 0.3) is 0 Å². The van der Waals surface area contributed by atoms with Crippen molar-refractivity contribution in [3.63, 3.8) is 0 Å². The van der Waals surface area contributed by atoms with Crippen LogP contribution in [0.2, 0.25) is 0 Å². The molecule has 0 unspecified atom stereocenters. The summed E-state index contributed by atoms with van der Waals surface area (Å²) in [7, 11) is 0. The first-order valence-electron chi connectivity index (χ1n) is 12.6. The Bertz CT molecular complexity index is 1590. The number of pyridine rings is 2. The highest BCUT2D eigenvalue weighted by Gasteiger charge is 2.15. The Labute approximate surface area is 227 Å². The SMILES string of the molecule is Cc1cc(CC(=O)N/C(C=NC(C)(C)C)=C/N)c(F)cc1Oc1ccnc2ccc(-c3cnccc3C)cc12. The van der Waals surface area contributed by atoms with Crippen LogP contribution in [0.15, 0.2) is 77.9 Å². The van der Waals surface area contributed by atoms with Crippen LogP contribution < -0.4 is 15.8 Å². The van der Waals surface area contributed by atoms with Gasteiger partial charge in [0, 0.05) is 48.0 Å². The number of nitrogens with two attached hydrogens (primary N) is 1. The van der Waals surface area contributed by atoms with E-state index in [0.29, 0.717) is 22.8 Å². The monoisotopic (exact) mass is 525 g/mol. The second kappa shape index (κ2) is 11.4. The van der Waals surface area contributed by atoms with Gasteiger partial charge in [0.15, 0.2) is 0 Å². The maximum Gasteiger partial charge on any atom is 0.228 e. The zero-order valence-corrected chi connectivity index (χ0v) is 22.7. The first-order valence-corrected chi connectivity index (χ1v) is 12.6. The summed E-state index contributed by atoms with van der Waals surface area (Å²) in [6, 6.07) is 12.6. The molecule has 0 spiro atoms. The molecule has 4 rings (SSSR count). The second-order valence-corrected chi connectivity index (χ2v) is 10.3. The van der Waals surface area contributed by atoms with Crippen molar-refractivity contribution < 1.29 is 13.9 Å². The molecule has 0 aliphatic heterocycles. The first kappa shape index (κ1) is 27.4. The normalized spacial score (nSPS) is 12.2. The van der Waals surface area contributed by atoms with Crippen molar-refractivity contribution in [1.29, 1.82) is 0 Å². The van der Waals surface area contributed by atoms with Crippen molar-refractivity contribution in [1.82, 2.24) is 15.3 Å². The standard InChI is InChI=1S/C31H32FN5O2/c1-19-8-10-34-18-25(19)21-6-7-27-24(13-21)28(9-11-35-27)39-29-15-26(32)22(12-20(29)2)14-30(38)37-23(16-33)17-36-31(3,4)5/h6-13,15-18H,14,33H2,1-5H3,(H,37,38)/b23-16+,36-17?. The van der Waals surface area contributed by atoms with Crippen LogP contribution in [0.1, 0.15) is 37.5 Å². The molecule has 200 valence electrons. The number of aromatic nitrogens is 2. The molecule has 0 aliphatic rings. The number of halogens is 1. The number of aliphatic imine (C=N–C) groups is 1. The van der Waals surface area contributed by atoms with Gasteiger partial charge in [-0.25, -0.2) is 4.39 Å². The molecule has 7 nitrogen and oxygen atoms in total. The zero-order chi connectivity index (χ0) is 28.2. The van der Waals surface area contributed by atoms with Crippen LogP contribution >= 0.6 is 0 Å². The van der Waals surface area contributed by atoms with E-state index in [1.165, 1.54) is 18.5 Å². The van der Waals surface area contributed by atoms with Gasteiger partial charge in [-0.3, -0.25) is 19.8 Å². The fourth-order valence-corrected chi connectivity index (χ4v) is 3.99. The van der Waals surface area contributed by atoms with Crippen molar-refractivity contribution >= 4 is 23.0 Å². The van der Waals surface area contributed by atoms with Gasteiger partial charge in [0.1, 0.15) is 17.3 Å². The summed E-state index contributed by atoms with van der Waals surface area (Å²) in [5.74, 6) is -0.0472. The van der Waals surface area contributed by atoms with Gasteiger partial charge in [0.2, 0.25) is 5.91 Å². The number of fused-ring (bicyclic) bond motifs is 1. The minimum absolute atomic E-state index is 0.167. The molecular weight excluding hydrogens is 493 g/mol. The maximum absolute atomic E-state index is 15.1. The number of aryl methyl sites for hydroxylation is 2. The number of rotatable bonds is 7. The van der Waals surface area contributed by atoms with Gasteiger partial charge in [-0.05, 0) is 87.2 Å². The number of amides is 1. The van der Waals surface area contributed by atoms with Crippen molar-refractivity contribution in [2.24, 2.45) is 10.7 Å². The Kier molecular flexibility index (Phi) is 8.04. The van der Waals surface area contributed by atoms with Crippen LogP contribution in [-0.4, -0.2) is 27.6 Å². The predicted octanol–water partition coefficient (Wildman–Crippen LogP) is 6.17. The molecule has 0 saturated carbocycles. The number of ether oxygens (including phenoxy) is 1. The molecule has 8 heteroatoms. The maximum atomic E-state index is 15.1. The van der Waals surface area contributed by atoms with E-state index in [-0.39, 0.29) is 17.5 Å². The van der Waals surface area contributed by atoms with Crippen LogP contribution in [0.25, 0.3) is 22.0 Å². The second-order valence-electron chi connectivity index (χ2n) is 10.3. The van der Waals surface area contributed by atoms with E-state index in [1.807, 2.05) is 65.1 Å². The number of carbonyl (C=O) groups is 1. The van der Waals surface area contributed by atoms with Crippen molar-refractivity contribution in [3.8, 4) is 22.6 Å². The Morgan fingerprint density at radius 3 is 2.59 bits per heavy atom. The summed E-state index contributed by atoms with van der Waals surface area (Å²) in [5.41, 5.74) is 10.4. The van der Waals surface area contributed by atoms with E-state index < -0.39 is 11.7 Å². The molecule has 2 aromatic heterocycles. The average Bonchev–Trinajstić information content (AvgIpc) is 2.89. The number of carbonyl (C=O) groups excluding carboxylic acids is 1. The third kappa shape index (κ3) is 6.84. The number of benzene rings is 2. The molecule has 0 atom stereocenters. The number of nitrogens with one attached hydrogen (secondary N) is 1. The lowest BCUT2D eigenvalue weighted by Gasteiger charge is -2.14. The first-order chi connectivity index (χ1) is 18.5. The Morgan fingerprint density at radius 1 is 1.08 bits per heavy atom. The number of nitrogens with zero attached hydrogens (tertiary/aromatic N) is 3. The average molecular weight is 526 g/mol. The molecule has 4 aromatic rings. The largest absolute Gasteiger partial charge is 0.456 e. The van der Waals surface area contributed by atoms with Crippen LogP contribution in [0.4, 0.5) is 4.39 Å². The predicted molar refractivity (Wildman–Crippen MR) is 153 cm³/mol. The van der Waals surface area contributed by atoms with E-state index >= 15 is 4.39 Å². The van der Waals surface area contributed by atoms with E-state index in [0.717, 1.165) is 27.6 Å². The third-order valence-electron chi connectivity index (χ3n) is 6.02. The topological polar surface area (TPSA) is 102 Å². The van der Waals surface area contributed by atoms with E-state index in [2.05, 4.69) is 20.3 Å². The summed E-state index contributed by atoms with van der Waals surface area (Å²) in [4.78, 5) is 25.6. The van der Waals surface area contributed by atoms with Crippen LogP contribution in [0.5, 0.6) is 11.5 Å². The minimum atomic E-state index is -0.544. The number of hydrogen-bond acceptors (Lipinski definition) is 6. The lowest BCUT2D eigenvalue weighted by atomic mass is 10.0. The fraction of sp³-hybridized carbons (Fsp3) is 0.226. The molecule has 3 N–H and O–H groups in total. The van der Waals surface area contributed by atoms with Gasteiger partial charge >= 0.3 is 0 Å². The third-order valence-corrected chi connectivity index (χ3v) is 6.02. The van der Waals surface area contributed by atoms with Gasteiger partial charge in [-0.1, -0.05) is 6.07 Å². The highest BCUT2D eigenvalue weighted by atomic mass is 19.1. The molecule has 2 heterocycles. The molecule has 1 amide bonds. The zero-order valence-electron chi connectivity index (χ0n) is 22.7. The minimum Gasteiger partial charge on any atom is -0.456 e. The molecule has 0 bridgehead atoms. The highest BCUT2D eigenvalue weighted by Crippen LogP contribution is 2.34. The van der Waals surface area contributed by atoms with Crippen LogP contribution in [-0.2, 0) is 11.2 Å². The van der Waals surface area contributed by atoms with Gasteiger partial charge in [-0.2, -0.15) is 0 Å². The Balaban J connectivity index is 1.56. The quantitative estimate of drug-likeness (QED) is 0.281. The lowest BCUT2D eigenvalue weighted by molar-refractivity contribution is -0.119. The van der Waals surface area contributed by atoms with E-state index in [1.54, 1.807) is 24.5 Å². The number of hydrogen-bond donors (Lipinski definition) is 2. The van der Waals surface area contributed by atoms with Gasteiger partial charge in [-0.15, -0.1) is 0 Å². The molecular formula is C31H32FN5O2. The smallest absolute Gasteiger partial charge is 0.228 e. The van der Waals surface area contributed by atoms with E-state index in [4.69, 9.17) is 10.5 Å². The highest BCUT2D eigenvalue weighted by molar-refractivity contribution is 5.90. The van der Waals surface area contributed by atoms with Gasteiger partial charge in [0.05, 0.1) is 23.2 Å². The van der Waals surface area contributed by atoms with Gasteiger partial charge < -0.3 is 15.8 Å². The summed E-state index contributed by atoms with van der Waals surface area (Å²) in [6.45, 7) is 9.62. The van der Waals surface area contributed by atoms with Crippen LogP contribution in [0, 0.1) is 19.7 Å². The summed E-state index contributed by atoms with van der Waals surface area (Å²) < 4.78 is 21.3. The summed E-state index contributed by atoms with van der Waals surface area (Å²) in [6.07, 6.45) is 7.83. The van der Waals surface area contributed by atoms with Crippen LogP contribution in [0.3, 0.4) is 0 Å². The summed E-state index contributed by atoms with van der Waals surface area (Å²) >= 11 is 0. The molecule has 2 aromatic carbocycles. The lowest BCUT2D eigenvalue weighted by Crippen LogP contribution is -2.27. The van der Waals surface area contributed by atoms with Crippen molar-refractivity contribution in [3.05, 3.63) is 95.5 Å². The molecule has 0 radical (unpaired) electrons.